The molecule has 2 aromatic carbocycles. The van der Waals surface area contributed by atoms with E-state index in [-0.39, 0.29) is 5.91 Å². The van der Waals surface area contributed by atoms with Crippen molar-refractivity contribution in [2.45, 2.75) is 37.0 Å². The second kappa shape index (κ2) is 9.41. The fraction of sp³-hybridized carbons (Fsp3) is 0.409. The van der Waals surface area contributed by atoms with Gasteiger partial charge in [0.25, 0.3) is 0 Å². The molecular weight excluding hydrogens is 388 g/mol. The average molecular weight is 417 g/mol. The molecule has 1 saturated heterocycles. The first-order chi connectivity index (χ1) is 13.9. The van der Waals surface area contributed by atoms with E-state index in [1.165, 1.54) is 0 Å². The Kier molecular flexibility index (Phi) is 6.92. The lowest BCUT2D eigenvalue weighted by Gasteiger charge is -2.25. The number of carbonyl (C=O) groups is 1. The SMILES string of the molecule is COc1cccc(N(C)C(=O)CCc2ccc(S(=O)(=O)N3CCCCC3)cc2)c1. The first-order valence-electron chi connectivity index (χ1n) is 9.91. The molecule has 0 aromatic heterocycles. The number of carbonyl (C=O) groups excluding carboxylic acids is 1. The van der Waals surface area contributed by atoms with Crippen LogP contribution in [0.1, 0.15) is 31.2 Å². The molecule has 0 radical (unpaired) electrons. The van der Waals surface area contributed by atoms with Crippen LogP contribution in [0.3, 0.4) is 0 Å². The fourth-order valence-electron chi connectivity index (χ4n) is 3.46. The second-order valence-electron chi connectivity index (χ2n) is 7.26. The highest BCUT2D eigenvalue weighted by molar-refractivity contribution is 7.89. The van der Waals surface area contributed by atoms with Crippen LogP contribution >= 0.6 is 0 Å². The minimum atomic E-state index is -3.42. The zero-order valence-corrected chi connectivity index (χ0v) is 17.8. The Labute approximate surface area is 173 Å². The number of hydrogen-bond acceptors (Lipinski definition) is 4. The maximum absolute atomic E-state index is 12.7. The van der Waals surface area contributed by atoms with E-state index in [0.29, 0.717) is 36.6 Å². The van der Waals surface area contributed by atoms with Crippen LogP contribution in [-0.4, -0.2) is 45.9 Å². The van der Waals surface area contributed by atoms with Gasteiger partial charge in [-0.3, -0.25) is 4.79 Å². The van der Waals surface area contributed by atoms with Gasteiger partial charge in [-0.15, -0.1) is 0 Å². The van der Waals surface area contributed by atoms with E-state index >= 15 is 0 Å². The number of methoxy groups -OCH3 is 1. The molecular formula is C22H28N2O4S. The predicted molar refractivity (Wildman–Crippen MR) is 114 cm³/mol. The van der Waals surface area contributed by atoms with Crippen LogP contribution < -0.4 is 9.64 Å². The molecule has 3 rings (SSSR count). The Bertz CT molecular complexity index is 936. The number of nitrogens with zero attached hydrogens (tertiary/aromatic N) is 2. The normalized spacial score (nSPS) is 15.1. The maximum atomic E-state index is 12.7. The van der Waals surface area contributed by atoms with Gasteiger partial charge >= 0.3 is 0 Å². The van der Waals surface area contributed by atoms with Crippen LogP contribution in [0, 0.1) is 0 Å². The van der Waals surface area contributed by atoms with E-state index < -0.39 is 10.0 Å². The predicted octanol–water partition coefficient (Wildman–Crippen LogP) is 3.47. The van der Waals surface area contributed by atoms with Gasteiger partial charge < -0.3 is 9.64 Å². The highest BCUT2D eigenvalue weighted by Gasteiger charge is 2.25. The Morgan fingerprint density at radius 1 is 1.07 bits per heavy atom. The number of amides is 1. The summed E-state index contributed by atoms with van der Waals surface area (Å²) in [6.45, 7) is 1.18. The molecule has 156 valence electrons. The Morgan fingerprint density at radius 2 is 1.76 bits per heavy atom. The zero-order valence-electron chi connectivity index (χ0n) is 17.0. The Morgan fingerprint density at radius 3 is 2.41 bits per heavy atom. The largest absolute Gasteiger partial charge is 0.497 e. The smallest absolute Gasteiger partial charge is 0.243 e. The van der Waals surface area contributed by atoms with E-state index in [1.54, 1.807) is 47.6 Å². The Hall–Kier alpha value is -2.38. The van der Waals surface area contributed by atoms with Gasteiger partial charge in [-0.05, 0) is 49.1 Å². The summed E-state index contributed by atoms with van der Waals surface area (Å²) in [6, 6.07) is 14.3. The van der Waals surface area contributed by atoms with Crippen LogP contribution in [0.2, 0.25) is 0 Å². The summed E-state index contributed by atoms with van der Waals surface area (Å²) in [7, 11) is -0.0851. The molecule has 1 fully saturated rings. The van der Waals surface area contributed by atoms with E-state index in [9.17, 15) is 13.2 Å². The number of aryl methyl sites for hydroxylation is 1. The molecule has 1 heterocycles. The maximum Gasteiger partial charge on any atom is 0.243 e. The van der Waals surface area contributed by atoms with Gasteiger partial charge in [0.05, 0.1) is 12.0 Å². The van der Waals surface area contributed by atoms with E-state index in [4.69, 9.17) is 4.74 Å². The molecule has 7 heteroatoms. The standard InChI is InChI=1S/C22H28N2O4S/c1-23(19-7-6-8-20(17-19)28-2)22(25)14-11-18-9-12-21(13-10-18)29(26,27)24-15-4-3-5-16-24/h6-10,12-13,17H,3-5,11,14-16H2,1-2H3. The van der Waals surface area contributed by atoms with Crippen LogP contribution in [0.15, 0.2) is 53.4 Å². The van der Waals surface area contributed by atoms with Gasteiger partial charge in [-0.1, -0.05) is 24.6 Å². The third kappa shape index (κ3) is 5.16. The lowest BCUT2D eigenvalue weighted by atomic mass is 10.1. The van der Waals surface area contributed by atoms with Crippen molar-refractivity contribution in [1.82, 2.24) is 4.31 Å². The number of sulfonamides is 1. The summed E-state index contributed by atoms with van der Waals surface area (Å²) in [4.78, 5) is 14.5. The molecule has 1 amide bonds. The number of rotatable bonds is 7. The fourth-order valence-corrected chi connectivity index (χ4v) is 4.98. The molecule has 0 N–H and O–H groups in total. The summed E-state index contributed by atoms with van der Waals surface area (Å²) in [5, 5.41) is 0. The summed E-state index contributed by atoms with van der Waals surface area (Å²) in [5.74, 6) is 0.691. The zero-order chi connectivity index (χ0) is 20.9. The highest BCUT2D eigenvalue weighted by Crippen LogP contribution is 2.22. The van der Waals surface area contributed by atoms with Crippen LogP contribution in [0.5, 0.6) is 5.75 Å². The summed E-state index contributed by atoms with van der Waals surface area (Å²) < 4.78 is 32.2. The molecule has 0 bridgehead atoms. The van der Waals surface area contributed by atoms with Gasteiger partial charge in [0.2, 0.25) is 15.9 Å². The minimum Gasteiger partial charge on any atom is -0.497 e. The molecule has 2 aromatic rings. The summed E-state index contributed by atoms with van der Waals surface area (Å²) >= 11 is 0. The van der Waals surface area contributed by atoms with Crippen molar-refractivity contribution in [3.05, 3.63) is 54.1 Å². The number of ether oxygens (including phenoxy) is 1. The van der Waals surface area contributed by atoms with Crippen molar-refractivity contribution in [2.24, 2.45) is 0 Å². The van der Waals surface area contributed by atoms with Crippen molar-refractivity contribution in [2.75, 3.05) is 32.1 Å². The average Bonchev–Trinajstić information content (AvgIpc) is 2.77. The molecule has 0 atom stereocenters. The lowest BCUT2D eigenvalue weighted by molar-refractivity contribution is -0.118. The quantitative estimate of drug-likeness (QED) is 0.693. The summed E-state index contributed by atoms with van der Waals surface area (Å²) in [6.07, 6.45) is 3.81. The van der Waals surface area contributed by atoms with Crippen molar-refractivity contribution in [3.63, 3.8) is 0 Å². The molecule has 0 spiro atoms. The van der Waals surface area contributed by atoms with E-state index in [0.717, 1.165) is 30.5 Å². The minimum absolute atomic E-state index is 0.0109. The van der Waals surface area contributed by atoms with Gasteiger partial charge in [0, 0.05) is 38.3 Å². The number of hydrogen-bond donors (Lipinski definition) is 0. The topological polar surface area (TPSA) is 66.9 Å². The monoisotopic (exact) mass is 416 g/mol. The first kappa shape index (κ1) is 21.3. The highest BCUT2D eigenvalue weighted by atomic mass is 32.2. The van der Waals surface area contributed by atoms with Crippen LogP contribution in [-0.2, 0) is 21.2 Å². The van der Waals surface area contributed by atoms with E-state index in [2.05, 4.69) is 0 Å². The van der Waals surface area contributed by atoms with Gasteiger partial charge in [-0.2, -0.15) is 4.31 Å². The lowest BCUT2D eigenvalue weighted by Crippen LogP contribution is -2.35. The molecule has 0 saturated carbocycles. The molecule has 6 nitrogen and oxygen atoms in total. The van der Waals surface area contributed by atoms with E-state index in [1.807, 2.05) is 24.3 Å². The first-order valence-corrected chi connectivity index (χ1v) is 11.4. The molecule has 0 unspecified atom stereocenters. The number of piperidine rings is 1. The van der Waals surface area contributed by atoms with Crippen LogP contribution in [0.25, 0.3) is 0 Å². The van der Waals surface area contributed by atoms with Crippen molar-refractivity contribution >= 4 is 21.6 Å². The van der Waals surface area contributed by atoms with Crippen molar-refractivity contribution in [1.29, 1.82) is 0 Å². The molecule has 1 aliphatic heterocycles. The van der Waals surface area contributed by atoms with Crippen molar-refractivity contribution in [3.8, 4) is 5.75 Å². The van der Waals surface area contributed by atoms with Crippen LogP contribution in [0.4, 0.5) is 5.69 Å². The molecule has 1 aliphatic rings. The van der Waals surface area contributed by atoms with Crippen molar-refractivity contribution < 1.29 is 17.9 Å². The second-order valence-corrected chi connectivity index (χ2v) is 9.20. The number of benzene rings is 2. The number of anilines is 1. The third-order valence-corrected chi connectivity index (χ3v) is 7.23. The molecule has 0 aliphatic carbocycles. The van der Waals surface area contributed by atoms with Gasteiger partial charge in [0.15, 0.2) is 0 Å². The summed E-state index contributed by atoms with van der Waals surface area (Å²) in [5.41, 5.74) is 1.72. The Balaban J connectivity index is 1.60. The van der Waals surface area contributed by atoms with Gasteiger partial charge in [0.1, 0.15) is 5.75 Å². The third-order valence-electron chi connectivity index (χ3n) is 5.32. The van der Waals surface area contributed by atoms with Gasteiger partial charge in [-0.25, -0.2) is 8.42 Å². The molecule has 29 heavy (non-hydrogen) atoms.